The van der Waals surface area contributed by atoms with E-state index in [1.165, 1.54) is 71.3 Å². The maximum absolute atomic E-state index is 2.44. The fraction of sp³-hybridized carbons (Fsp3) is 0. The minimum absolute atomic E-state index is 1.17. The highest BCUT2D eigenvalue weighted by molar-refractivity contribution is 6.28. The quantitative estimate of drug-likeness (QED) is 0.230. The maximum Gasteiger partial charge on any atom is 0.0547 e. The number of hydrogen-bond acceptors (Lipinski definition) is 0. The smallest absolute Gasteiger partial charge is 0.0547 e. The summed E-state index contributed by atoms with van der Waals surface area (Å²) in [5.41, 5.74) is 8.52. The number of nitrogens with zero attached hydrogens (tertiary/aromatic N) is 1. The molecule has 39 heavy (non-hydrogen) atoms. The molecule has 0 saturated carbocycles. The molecule has 8 rings (SSSR count). The van der Waals surface area contributed by atoms with Crippen LogP contribution in [0.25, 0.3) is 71.3 Å². The van der Waals surface area contributed by atoms with Gasteiger partial charge in [-0.3, -0.25) is 0 Å². The van der Waals surface area contributed by atoms with Gasteiger partial charge in [0.05, 0.1) is 11.0 Å². The van der Waals surface area contributed by atoms with Gasteiger partial charge in [0.2, 0.25) is 0 Å². The number of rotatable bonds is 3. The van der Waals surface area contributed by atoms with Gasteiger partial charge in [-0.05, 0) is 74.1 Å². The summed E-state index contributed by atoms with van der Waals surface area (Å²) in [5.74, 6) is 0. The first-order valence-electron chi connectivity index (χ1n) is 13.5. The average molecular weight is 496 g/mol. The van der Waals surface area contributed by atoms with Gasteiger partial charge in [0, 0.05) is 16.5 Å². The first-order valence-corrected chi connectivity index (χ1v) is 13.5. The molecule has 0 saturated heterocycles. The van der Waals surface area contributed by atoms with Crippen LogP contribution in [0.5, 0.6) is 0 Å². The lowest BCUT2D eigenvalue weighted by atomic mass is 9.99. The summed E-state index contributed by atoms with van der Waals surface area (Å²) in [4.78, 5) is 0. The van der Waals surface area contributed by atoms with Crippen molar-refractivity contribution in [2.75, 3.05) is 0 Å². The van der Waals surface area contributed by atoms with Crippen LogP contribution in [0, 0.1) is 0 Å². The number of benzene rings is 7. The third kappa shape index (κ3) is 3.48. The van der Waals surface area contributed by atoms with Crippen molar-refractivity contribution in [1.29, 1.82) is 0 Å². The van der Waals surface area contributed by atoms with E-state index in [4.69, 9.17) is 0 Å². The predicted octanol–water partition coefficient (Wildman–Crippen LogP) is 10.4. The fourth-order valence-electron chi connectivity index (χ4n) is 6.16. The Morgan fingerprint density at radius 2 is 0.821 bits per heavy atom. The highest BCUT2D eigenvalue weighted by atomic mass is 15.0. The zero-order valence-corrected chi connectivity index (χ0v) is 21.4. The van der Waals surface area contributed by atoms with Gasteiger partial charge in [0.15, 0.2) is 0 Å². The van der Waals surface area contributed by atoms with Gasteiger partial charge in [-0.1, -0.05) is 121 Å². The lowest BCUT2D eigenvalue weighted by molar-refractivity contribution is 1.18. The second-order valence-electron chi connectivity index (χ2n) is 10.2. The second kappa shape index (κ2) is 8.72. The van der Waals surface area contributed by atoms with Gasteiger partial charge < -0.3 is 4.57 Å². The molecule has 1 heterocycles. The Hall–Kier alpha value is -5.14. The summed E-state index contributed by atoms with van der Waals surface area (Å²) in [6.07, 6.45) is 0. The second-order valence-corrected chi connectivity index (χ2v) is 10.2. The Kier molecular flexibility index (Phi) is 4.89. The largest absolute Gasteiger partial charge is 0.309 e. The van der Waals surface area contributed by atoms with Gasteiger partial charge in [-0.2, -0.15) is 0 Å². The van der Waals surface area contributed by atoms with E-state index >= 15 is 0 Å². The topological polar surface area (TPSA) is 4.93 Å². The molecule has 0 spiro atoms. The molecule has 0 N–H and O–H groups in total. The SMILES string of the molecule is c1ccc(-c2cccc(-c3cccc(-n4c5ccc6ccccc6c5c5c6ccccc6ccc54)c3)c2)cc1. The molecule has 1 aromatic heterocycles. The van der Waals surface area contributed by atoms with Crippen LogP contribution in [-0.2, 0) is 0 Å². The Balaban J connectivity index is 1.40. The fourth-order valence-corrected chi connectivity index (χ4v) is 6.16. The molecular weight excluding hydrogens is 470 g/mol. The summed E-state index contributed by atoms with van der Waals surface area (Å²) >= 11 is 0. The van der Waals surface area contributed by atoms with Crippen molar-refractivity contribution in [3.8, 4) is 27.9 Å². The van der Waals surface area contributed by atoms with E-state index in [0.29, 0.717) is 0 Å². The predicted molar refractivity (Wildman–Crippen MR) is 167 cm³/mol. The molecule has 1 heteroatoms. The van der Waals surface area contributed by atoms with E-state index in [2.05, 4.69) is 156 Å². The van der Waals surface area contributed by atoms with Crippen LogP contribution in [0.4, 0.5) is 0 Å². The molecule has 7 aromatic carbocycles. The molecule has 0 bridgehead atoms. The summed E-state index contributed by atoms with van der Waals surface area (Å²) in [6.45, 7) is 0. The van der Waals surface area contributed by atoms with E-state index < -0.39 is 0 Å². The summed E-state index contributed by atoms with van der Waals surface area (Å²) in [6, 6.07) is 55.0. The van der Waals surface area contributed by atoms with Gasteiger partial charge in [-0.15, -0.1) is 0 Å². The molecule has 0 aliphatic carbocycles. The van der Waals surface area contributed by atoms with E-state index in [0.717, 1.165) is 0 Å². The van der Waals surface area contributed by atoms with Crippen LogP contribution in [-0.4, -0.2) is 4.57 Å². The zero-order chi connectivity index (χ0) is 25.8. The van der Waals surface area contributed by atoms with Crippen molar-refractivity contribution in [1.82, 2.24) is 4.57 Å². The first kappa shape index (κ1) is 21.9. The number of hydrogen-bond donors (Lipinski definition) is 0. The van der Waals surface area contributed by atoms with Crippen LogP contribution < -0.4 is 0 Å². The summed E-state index contributed by atoms with van der Waals surface area (Å²) in [5, 5.41) is 7.75. The average Bonchev–Trinajstić information content (AvgIpc) is 3.37. The van der Waals surface area contributed by atoms with Crippen LogP contribution in [0.3, 0.4) is 0 Å². The highest BCUT2D eigenvalue weighted by Crippen LogP contribution is 2.41. The normalized spacial score (nSPS) is 11.6. The van der Waals surface area contributed by atoms with E-state index in [1.807, 2.05) is 0 Å². The molecule has 0 atom stereocenters. The van der Waals surface area contributed by atoms with Crippen molar-refractivity contribution in [3.63, 3.8) is 0 Å². The molecular formula is C38H25N. The molecule has 0 amide bonds. The summed E-state index contributed by atoms with van der Waals surface area (Å²) in [7, 11) is 0. The molecule has 1 nitrogen and oxygen atoms in total. The molecule has 8 aromatic rings. The van der Waals surface area contributed by atoms with Crippen molar-refractivity contribution < 1.29 is 0 Å². The minimum Gasteiger partial charge on any atom is -0.309 e. The first-order chi connectivity index (χ1) is 19.3. The van der Waals surface area contributed by atoms with Crippen LogP contribution in [0.1, 0.15) is 0 Å². The van der Waals surface area contributed by atoms with E-state index in [-0.39, 0.29) is 0 Å². The third-order valence-corrected chi connectivity index (χ3v) is 7.95. The number of aromatic nitrogens is 1. The Morgan fingerprint density at radius 1 is 0.333 bits per heavy atom. The van der Waals surface area contributed by atoms with Gasteiger partial charge in [0.1, 0.15) is 0 Å². The van der Waals surface area contributed by atoms with Gasteiger partial charge in [-0.25, -0.2) is 0 Å². The molecule has 0 radical (unpaired) electrons. The van der Waals surface area contributed by atoms with Crippen LogP contribution >= 0.6 is 0 Å². The molecule has 0 unspecified atom stereocenters. The lowest BCUT2D eigenvalue weighted by Gasteiger charge is -2.12. The van der Waals surface area contributed by atoms with Crippen molar-refractivity contribution >= 4 is 43.4 Å². The van der Waals surface area contributed by atoms with E-state index in [1.54, 1.807) is 0 Å². The molecule has 0 aliphatic rings. The Morgan fingerprint density at radius 3 is 1.46 bits per heavy atom. The monoisotopic (exact) mass is 495 g/mol. The minimum atomic E-state index is 1.17. The lowest BCUT2D eigenvalue weighted by Crippen LogP contribution is -1.94. The van der Waals surface area contributed by atoms with E-state index in [9.17, 15) is 0 Å². The standard InChI is InChI=1S/C38H25N/c1-2-10-26(11-3-1)29-14-8-15-30(24-29)31-16-9-17-32(25-31)39-35-22-20-27-12-4-6-18-33(27)37(35)38-34-19-7-5-13-28(34)21-23-36(38)39/h1-25H. The van der Waals surface area contributed by atoms with Crippen molar-refractivity contribution in [2.45, 2.75) is 0 Å². The van der Waals surface area contributed by atoms with Crippen molar-refractivity contribution in [3.05, 3.63) is 152 Å². The van der Waals surface area contributed by atoms with Crippen LogP contribution in [0.2, 0.25) is 0 Å². The summed E-state index contributed by atoms with van der Waals surface area (Å²) < 4.78 is 2.44. The Bertz CT molecular complexity index is 2070. The Labute approximate surface area is 227 Å². The molecule has 0 fully saturated rings. The van der Waals surface area contributed by atoms with Gasteiger partial charge in [0.25, 0.3) is 0 Å². The van der Waals surface area contributed by atoms with Gasteiger partial charge >= 0.3 is 0 Å². The van der Waals surface area contributed by atoms with Crippen molar-refractivity contribution in [2.24, 2.45) is 0 Å². The maximum atomic E-state index is 2.44. The molecule has 0 aliphatic heterocycles. The third-order valence-electron chi connectivity index (χ3n) is 7.95. The number of fused-ring (bicyclic) bond motifs is 7. The zero-order valence-electron chi connectivity index (χ0n) is 21.4. The highest BCUT2D eigenvalue weighted by Gasteiger charge is 2.17. The van der Waals surface area contributed by atoms with Crippen LogP contribution in [0.15, 0.2) is 152 Å². The molecule has 182 valence electrons.